The van der Waals surface area contributed by atoms with Crippen molar-refractivity contribution in [3.05, 3.63) is 12.2 Å². The van der Waals surface area contributed by atoms with Gasteiger partial charge in [-0.05, 0) is 25.7 Å². The van der Waals surface area contributed by atoms with E-state index in [9.17, 15) is 4.79 Å². The van der Waals surface area contributed by atoms with Gasteiger partial charge in [-0.15, -0.1) is 0 Å². The van der Waals surface area contributed by atoms with Gasteiger partial charge in [-0.1, -0.05) is 13.0 Å². The standard InChI is InChI=1S/C10H18O3/c1-3-13-10(12)6-4-5-9(2)7-8-11/h4,6,9,11H,3,5,7-8H2,1-2H3/b6-4+/t9-/m0/s1. The van der Waals surface area contributed by atoms with Crippen molar-refractivity contribution in [2.45, 2.75) is 26.7 Å². The molecule has 3 nitrogen and oxygen atoms in total. The van der Waals surface area contributed by atoms with Crippen molar-refractivity contribution in [1.82, 2.24) is 0 Å². The first-order valence-corrected chi connectivity index (χ1v) is 4.64. The largest absolute Gasteiger partial charge is 0.463 e. The van der Waals surface area contributed by atoms with Crippen LogP contribution >= 0.6 is 0 Å². The predicted octanol–water partition coefficient (Wildman–Crippen LogP) is 1.51. The highest BCUT2D eigenvalue weighted by atomic mass is 16.5. The number of allylic oxidation sites excluding steroid dienone is 1. The molecular weight excluding hydrogens is 168 g/mol. The van der Waals surface area contributed by atoms with Gasteiger partial charge in [0, 0.05) is 12.7 Å². The van der Waals surface area contributed by atoms with Crippen molar-refractivity contribution in [1.29, 1.82) is 0 Å². The summed E-state index contributed by atoms with van der Waals surface area (Å²) in [6.45, 7) is 4.43. The number of rotatable bonds is 6. The minimum absolute atomic E-state index is 0.203. The van der Waals surface area contributed by atoms with E-state index >= 15 is 0 Å². The van der Waals surface area contributed by atoms with Crippen molar-refractivity contribution < 1.29 is 14.6 Å². The Morgan fingerprint density at radius 1 is 1.62 bits per heavy atom. The Labute approximate surface area is 79.4 Å². The molecular formula is C10H18O3. The number of ether oxygens (including phenoxy) is 1. The Morgan fingerprint density at radius 3 is 2.85 bits per heavy atom. The number of carbonyl (C=O) groups excluding carboxylic acids is 1. The number of carbonyl (C=O) groups is 1. The molecule has 0 heterocycles. The molecule has 3 heteroatoms. The quantitative estimate of drug-likeness (QED) is 0.505. The van der Waals surface area contributed by atoms with Gasteiger partial charge >= 0.3 is 5.97 Å². The Hall–Kier alpha value is -0.830. The normalized spacial score (nSPS) is 13.2. The zero-order chi connectivity index (χ0) is 10.1. The minimum atomic E-state index is -0.293. The molecule has 0 aliphatic carbocycles. The third-order valence-electron chi connectivity index (χ3n) is 1.70. The van der Waals surface area contributed by atoms with Crippen LogP contribution in [-0.4, -0.2) is 24.3 Å². The van der Waals surface area contributed by atoms with E-state index in [0.717, 1.165) is 12.8 Å². The SMILES string of the molecule is CCOC(=O)/C=C/C[C@H](C)CCO. The van der Waals surface area contributed by atoms with E-state index in [1.54, 1.807) is 13.0 Å². The fraction of sp³-hybridized carbons (Fsp3) is 0.700. The summed E-state index contributed by atoms with van der Waals surface area (Å²) in [6.07, 6.45) is 4.81. The predicted molar refractivity (Wildman–Crippen MR) is 51.3 cm³/mol. The number of esters is 1. The van der Waals surface area contributed by atoms with Crippen molar-refractivity contribution in [3.8, 4) is 0 Å². The van der Waals surface area contributed by atoms with E-state index in [-0.39, 0.29) is 12.6 Å². The van der Waals surface area contributed by atoms with Crippen LogP contribution in [0.4, 0.5) is 0 Å². The Balaban J connectivity index is 3.55. The molecule has 13 heavy (non-hydrogen) atoms. The van der Waals surface area contributed by atoms with E-state index in [0.29, 0.717) is 12.5 Å². The van der Waals surface area contributed by atoms with E-state index in [1.807, 2.05) is 6.92 Å². The van der Waals surface area contributed by atoms with Crippen LogP contribution in [0.2, 0.25) is 0 Å². The summed E-state index contributed by atoms with van der Waals surface area (Å²) in [7, 11) is 0. The molecule has 0 aromatic heterocycles. The maximum Gasteiger partial charge on any atom is 0.330 e. The highest BCUT2D eigenvalue weighted by molar-refractivity contribution is 5.81. The van der Waals surface area contributed by atoms with Crippen LogP contribution in [0.1, 0.15) is 26.7 Å². The van der Waals surface area contributed by atoms with Crippen molar-refractivity contribution in [2.75, 3.05) is 13.2 Å². The summed E-state index contributed by atoms with van der Waals surface area (Å²) in [4.78, 5) is 10.8. The molecule has 1 atom stereocenters. The lowest BCUT2D eigenvalue weighted by Crippen LogP contribution is -2.00. The van der Waals surface area contributed by atoms with Gasteiger partial charge in [-0.3, -0.25) is 0 Å². The van der Waals surface area contributed by atoms with Crippen LogP contribution in [0.5, 0.6) is 0 Å². The summed E-state index contributed by atoms with van der Waals surface area (Å²) >= 11 is 0. The Kier molecular flexibility index (Phi) is 7.30. The second kappa shape index (κ2) is 7.80. The molecule has 0 rings (SSSR count). The van der Waals surface area contributed by atoms with Crippen molar-refractivity contribution in [2.24, 2.45) is 5.92 Å². The molecule has 0 aliphatic heterocycles. The summed E-state index contributed by atoms with van der Waals surface area (Å²) in [5, 5.41) is 8.61. The van der Waals surface area contributed by atoms with Gasteiger partial charge < -0.3 is 9.84 Å². The van der Waals surface area contributed by atoms with Gasteiger partial charge in [0.05, 0.1) is 6.61 Å². The molecule has 0 radical (unpaired) electrons. The number of hydrogen-bond donors (Lipinski definition) is 1. The molecule has 0 bridgehead atoms. The molecule has 0 unspecified atom stereocenters. The van der Waals surface area contributed by atoms with Gasteiger partial charge in [-0.25, -0.2) is 4.79 Å². The zero-order valence-corrected chi connectivity index (χ0v) is 8.32. The summed E-state index contributed by atoms with van der Waals surface area (Å²) < 4.78 is 4.71. The fourth-order valence-electron chi connectivity index (χ4n) is 0.925. The van der Waals surface area contributed by atoms with Gasteiger partial charge in [0.2, 0.25) is 0 Å². The minimum Gasteiger partial charge on any atom is -0.463 e. The van der Waals surface area contributed by atoms with Gasteiger partial charge in [0.25, 0.3) is 0 Å². The maximum atomic E-state index is 10.8. The third kappa shape index (κ3) is 7.53. The summed E-state index contributed by atoms with van der Waals surface area (Å²) in [6, 6.07) is 0. The molecule has 0 saturated carbocycles. The topological polar surface area (TPSA) is 46.5 Å². The molecule has 1 N–H and O–H groups in total. The van der Waals surface area contributed by atoms with Crippen LogP contribution in [-0.2, 0) is 9.53 Å². The van der Waals surface area contributed by atoms with E-state index in [1.165, 1.54) is 6.08 Å². The molecule has 76 valence electrons. The third-order valence-corrected chi connectivity index (χ3v) is 1.70. The van der Waals surface area contributed by atoms with Crippen LogP contribution < -0.4 is 0 Å². The monoisotopic (exact) mass is 186 g/mol. The second-order valence-electron chi connectivity index (χ2n) is 3.01. The second-order valence-corrected chi connectivity index (χ2v) is 3.01. The van der Waals surface area contributed by atoms with E-state index in [4.69, 9.17) is 9.84 Å². The molecule has 0 fully saturated rings. The first kappa shape index (κ1) is 12.2. The zero-order valence-electron chi connectivity index (χ0n) is 8.32. The van der Waals surface area contributed by atoms with Gasteiger partial charge in [0.1, 0.15) is 0 Å². The first-order valence-electron chi connectivity index (χ1n) is 4.64. The average Bonchev–Trinajstić information content (AvgIpc) is 2.05. The Bertz CT molecular complexity index is 164. The first-order chi connectivity index (χ1) is 6.20. The smallest absolute Gasteiger partial charge is 0.330 e. The lowest BCUT2D eigenvalue weighted by Gasteiger charge is -2.04. The average molecular weight is 186 g/mol. The van der Waals surface area contributed by atoms with Gasteiger partial charge in [-0.2, -0.15) is 0 Å². The van der Waals surface area contributed by atoms with E-state index in [2.05, 4.69) is 0 Å². The molecule has 0 amide bonds. The molecule has 0 aromatic carbocycles. The highest BCUT2D eigenvalue weighted by Gasteiger charge is 1.98. The molecule has 0 saturated heterocycles. The fourth-order valence-corrected chi connectivity index (χ4v) is 0.925. The van der Waals surface area contributed by atoms with Crippen molar-refractivity contribution >= 4 is 5.97 Å². The molecule has 0 aromatic rings. The molecule has 0 spiro atoms. The number of aliphatic hydroxyl groups is 1. The maximum absolute atomic E-state index is 10.8. The molecule has 0 aliphatic rings. The van der Waals surface area contributed by atoms with E-state index < -0.39 is 0 Å². The van der Waals surface area contributed by atoms with Crippen molar-refractivity contribution in [3.63, 3.8) is 0 Å². The number of aliphatic hydroxyl groups excluding tert-OH is 1. The summed E-state index contributed by atoms with van der Waals surface area (Å²) in [5.74, 6) is 0.120. The van der Waals surface area contributed by atoms with Crippen LogP contribution in [0, 0.1) is 5.92 Å². The van der Waals surface area contributed by atoms with Crippen LogP contribution in [0.25, 0.3) is 0 Å². The summed E-state index contributed by atoms with van der Waals surface area (Å²) in [5.41, 5.74) is 0. The highest BCUT2D eigenvalue weighted by Crippen LogP contribution is 2.06. The number of hydrogen-bond acceptors (Lipinski definition) is 3. The van der Waals surface area contributed by atoms with Crippen LogP contribution in [0.3, 0.4) is 0 Å². The lowest BCUT2D eigenvalue weighted by atomic mass is 10.0. The van der Waals surface area contributed by atoms with Crippen LogP contribution in [0.15, 0.2) is 12.2 Å². The van der Waals surface area contributed by atoms with Gasteiger partial charge in [0.15, 0.2) is 0 Å². The Morgan fingerprint density at radius 2 is 2.31 bits per heavy atom. The lowest BCUT2D eigenvalue weighted by molar-refractivity contribution is -0.137.